The van der Waals surface area contributed by atoms with Crippen molar-refractivity contribution in [1.82, 2.24) is 0 Å². The largest absolute Gasteiger partial charge is 0.396 e. The lowest BCUT2D eigenvalue weighted by Crippen LogP contribution is -2.10. The first kappa shape index (κ1) is 14.2. The minimum atomic E-state index is -0.472. The fourth-order valence-corrected chi connectivity index (χ4v) is 2.65. The monoisotopic (exact) mass is 326 g/mol. The molecule has 1 atom stereocenters. The topological polar surface area (TPSA) is 20.2 Å². The van der Waals surface area contributed by atoms with Crippen molar-refractivity contribution in [3.63, 3.8) is 0 Å². The summed E-state index contributed by atoms with van der Waals surface area (Å²) in [6, 6.07) is 10.8. The van der Waals surface area contributed by atoms with Gasteiger partial charge in [-0.2, -0.15) is 0 Å². The highest BCUT2D eigenvalue weighted by Crippen LogP contribution is 2.28. The molecule has 2 aromatic carbocycles. The number of hydrogen-bond acceptors (Lipinski definition) is 1. The Bertz CT molecular complexity index is 572. The summed E-state index contributed by atoms with van der Waals surface area (Å²) in [5, 5.41) is 9.49. The van der Waals surface area contributed by atoms with Gasteiger partial charge in [-0.05, 0) is 41.8 Å². The Balaban J connectivity index is 2.29. The Morgan fingerprint density at radius 1 is 1.11 bits per heavy atom. The van der Waals surface area contributed by atoms with Gasteiger partial charge in [0.05, 0.1) is 6.61 Å². The molecule has 0 amide bonds. The van der Waals surface area contributed by atoms with E-state index in [-0.39, 0.29) is 24.5 Å². The van der Waals surface area contributed by atoms with Crippen LogP contribution in [0, 0.1) is 11.6 Å². The Hall–Kier alpha value is -1.26. The Morgan fingerprint density at radius 3 is 2.53 bits per heavy atom. The predicted octanol–water partition coefficient (Wildman–Crippen LogP) is 4.05. The van der Waals surface area contributed by atoms with Crippen LogP contribution in [0.1, 0.15) is 17.0 Å². The maximum Gasteiger partial charge on any atom is 0.126 e. The average molecular weight is 327 g/mol. The molecular weight excluding hydrogens is 314 g/mol. The third-order valence-electron chi connectivity index (χ3n) is 3.04. The van der Waals surface area contributed by atoms with Crippen molar-refractivity contribution >= 4 is 15.9 Å². The number of hydrogen-bond donors (Lipinski definition) is 1. The minimum Gasteiger partial charge on any atom is -0.396 e. The Morgan fingerprint density at radius 2 is 1.84 bits per heavy atom. The smallest absolute Gasteiger partial charge is 0.126 e. The molecule has 0 saturated carbocycles. The van der Waals surface area contributed by atoms with E-state index in [0.29, 0.717) is 0 Å². The molecule has 1 unspecified atom stereocenters. The van der Waals surface area contributed by atoms with E-state index in [9.17, 15) is 13.9 Å². The van der Waals surface area contributed by atoms with Gasteiger partial charge in [0.2, 0.25) is 0 Å². The van der Waals surface area contributed by atoms with Crippen LogP contribution < -0.4 is 0 Å². The SMILES string of the molecule is OCC(Cc1cc(F)ccc1F)c1ccccc1Br. The molecular formula is C15H13BrF2O. The predicted molar refractivity (Wildman–Crippen MR) is 74.0 cm³/mol. The molecule has 100 valence electrons. The lowest BCUT2D eigenvalue weighted by molar-refractivity contribution is 0.263. The highest BCUT2D eigenvalue weighted by molar-refractivity contribution is 9.10. The van der Waals surface area contributed by atoms with E-state index in [1.165, 1.54) is 6.07 Å². The van der Waals surface area contributed by atoms with Crippen LogP contribution in [-0.2, 0) is 6.42 Å². The van der Waals surface area contributed by atoms with Crippen molar-refractivity contribution in [1.29, 1.82) is 0 Å². The number of benzene rings is 2. The zero-order chi connectivity index (χ0) is 13.8. The van der Waals surface area contributed by atoms with Gasteiger partial charge in [0.25, 0.3) is 0 Å². The number of aliphatic hydroxyl groups excluding tert-OH is 1. The third-order valence-corrected chi connectivity index (χ3v) is 3.76. The van der Waals surface area contributed by atoms with Crippen LogP contribution in [0.25, 0.3) is 0 Å². The molecule has 0 spiro atoms. The first-order valence-electron chi connectivity index (χ1n) is 5.91. The molecule has 0 aliphatic carbocycles. The molecule has 2 rings (SSSR count). The zero-order valence-corrected chi connectivity index (χ0v) is 11.7. The third kappa shape index (κ3) is 3.39. The van der Waals surface area contributed by atoms with Crippen LogP contribution in [0.2, 0.25) is 0 Å². The fraction of sp³-hybridized carbons (Fsp3) is 0.200. The summed E-state index contributed by atoms with van der Waals surface area (Å²) in [6.45, 7) is -0.126. The highest BCUT2D eigenvalue weighted by Gasteiger charge is 2.16. The molecule has 1 nitrogen and oxygen atoms in total. The van der Waals surface area contributed by atoms with Crippen molar-refractivity contribution in [3.05, 3.63) is 69.7 Å². The normalized spacial score (nSPS) is 12.4. The van der Waals surface area contributed by atoms with Crippen LogP contribution >= 0.6 is 15.9 Å². The maximum atomic E-state index is 13.6. The van der Waals surface area contributed by atoms with E-state index in [4.69, 9.17) is 0 Å². The van der Waals surface area contributed by atoms with Crippen molar-refractivity contribution in [2.75, 3.05) is 6.61 Å². The van der Waals surface area contributed by atoms with Crippen LogP contribution in [0.5, 0.6) is 0 Å². The molecule has 0 aliphatic rings. The van der Waals surface area contributed by atoms with E-state index in [1.807, 2.05) is 24.3 Å². The van der Waals surface area contributed by atoms with Gasteiger partial charge in [-0.25, -0.2) is 8.78 Å². The van der Waals surface area contributed by atoms with E-state index in [1.54, 1.807) is 0 Å². The standard InChI is InChI=1S/C15H13BrF2O/c16-14-4-2-1-3-13(14)11(9-19)7-10-8-12(17)5-6-15(10)18/h1-6,8,11,19H,7,9H2. The van der Waals surface area contributed by atoms with Crippen molar-refractivity contribution in [2.45, 2.75) is 12.3 Å². The molecule has 4 heteroatoms. The summed E-state index contributed by atoms with van der Waals surface area (Å²) < 4.78 is 27.6. The van der Waals surface area contributed by atoms with E-state index in [0.717, 1.165) is 22.2 Å². The summed E-state index contributed by atoms with van der Waals surface area (Å²) in [5.74, 6) is -1.20. The molecule has 0 aromatic heterocycles. The van der Waals surface area contributed by atoms with Gasteiger partial charge in [0.15, 0.2) is 0 Å². The van der Waals surface area contributed by atoms with Crippen LogP contribution in [-0.4, -0.2) is 11.7 Å². The van der Waals surface area contributed by atoms with E-state index >= 15 is 0 Å². The summed E-state index contributed by atoms with van der Waals surface area (Å²) in [4.78, 5) is 0. The molecule has 0 bridgehead atoms. The Labute approximate surface area is 119 Å². The molecule has 0 heterocycles. The van der Waals surface area contributed by atoms with Gasteiger partial charge in [0, 0.05) is 10.4 Å². The van der Waals surface area contributed by atoms with Gasteiger partial charge in [-0.3, -0.25) is 0 Å². The molecule has 0 saturated heterocycles. The number of aliphatic hydroxyl groups is 1. The van der Waals surface area contributed by atoms with Crippen molar-refractivity contribution in [2.24, 2.45) is 0 Å². The highest BCUT2D eigenvalue weighted by atomic mass is 79.9. The summed E-state index contributed by atoms with van der Waals surface area (Å²) >= 11 is 3.41. The second-order valence-corrected chi connectivity index (χ2v) is 5.20. The average Bonchev–Trinajstić information content (AvgIpc) is 2.41. The van der Waals surface area contributed by atoms with Gasteiger partial charge in [-0.1, -0.05) is 34.1 Å². The molecule has 0 aliphatic heterocycles. The van der Waals surface area contributed by atoms with Crippen LogP contribution in [0.3, 0.4) is 0 Å². The zero-order valence-electron chi connectivity index (χ0n) is 10.1. The van der Waals surface area contributed by atoms with Crippen LogP contribution in [0.4, 0.5) is 8.78 Å². The molecule has 19 heavy (non-hydrogen) atoms. The van der Waals surface area contributed by atoms with Gasteiger partial charge in [-0.15, -0.1) is 0 Å². The summed E-state index contributed by atoms with van der Waals surface area (Å²) in [6.07, 6.45) is 0.253. The summed E-state index contributed by atoms with van der Waals surface area (Å²) in [5.41, 5.74) is 1.16. The number of halogens is 3. The molecule has 1 N–H and O–H groups in total. The Kier molecular flexibility index (Phi) is 4.66. The van der Waals surface area contributed by atoms with Gasteiger partial charge in [0.1, 0.15) is 11.6 Å². The van der Waals surface area contributed by atoms with E-state index in [2.05, 4.69) is 15.9 Å². The first-order valence-corrected chi connectivity index (χ1v) is 6.70. The minimum absolute atomic E-state index is 0.126. The summed E-state index contributed by atoms with van der Waals surface area (Å²) in [7, 11) is 0. The van der Waals surface area contributed by atoms with Gasteiger partial charge >= 0.3 is 0 Å². The second-order valence-electron chi connectivity index (χ2n) is 4.34. The molecule has 0 radical (unpaired) electrons. The maximum absolute atomic E-state index is 13.6. The van der Waals surface area contributed by atoms with Crippen molar-refractivity contribution in [3.8, 4) is 0 Å². The molecule has 0 fully saturated rings. The number of rotatable bonds is 4. The lowest BCUT2D eigenvalue weighted by atomic mass is 9.92. The lowest BCUT2D eigenvalue weighted by Gasteiger charge is -2.16. The fourth-order valence-electron chi connectivity index (χ4n) is 2.04. The first-order chi connectivity index (χ1) is 9.11. The van der Waals surface area contributed by atoms with Crippen molar-refractivity contribution < 1.29 is 13.9 Å². The van der Waals surface area contributed by atoms with E-state index < -0.39 is 11.6 Å². The van der Waals surface area contributed by atoms with Crippen LogP contribution in [0.15, 0.2) is 46.9 Å². The quantitative estimate of drug-likeness (QED) is 0.898. The second kappa shape index (κ2) is 6.26. The van der Waals surface area contributed by atoms with Gasteiger partial charge < -0.3 is 5.11 Å². The molecule has 2 aromatic rings.